The van der Waals surface area contributed by atoms with Gasteiger partial charge in [0.2, 0.25) is 0 Å². The van der Waals surface area contributed by atoms with Crippen LogP contribution in [-0.4, -0.2) is 19.8 Å². The van der Waals surface area contributed by atoms with Crippen molar-refractivity contribution in [2.75, 3.05) is 19.8 Å². The summed E-state index contributed by atoms with van der Waals surface area (Å²) in [7, 11) is -1.95. The van der Waals surface area contributed by atoms with Gasteiger partial charge in [-0.1, -0.05) is 20.3 Å². The van der Waals surface area contributed by atoms with Crippen LogP contribution < -0.4 is 10.6 Å². The van der Waals surface area contributed by atoms with Crippen molar-refractivity contribution in [3.05, 3.63) is 0 Å². The van der Waals surface area contributed by atoms with E-state index in [2.05, 4.69) is 6.92 Å². The predicted octanol–water partition coefficient (Wildman–Crippen LogP) is 0.612. The molecule has 0 aliphatic heterocycles. The van der Waals surface area contributed by atoms with Crippen molar-refractivity contribution in [1.29, 1.82) is 0 Å². The largest absolute Gasteiger partial charge is 0.786 e. The third kappa shape index (κ3) is 6.95. The van der Waals surface area contributed by atoms with Crippen LogP contribution in [0.15, 0.2) is 0 Å². The third-order valence-corrected chi connectivity index (χ3v) is 2.23. The van der Waals surface area contributed by atoms with Gasteiger partial charge in [0.15, 0.2) is 0 Å². The van der Waals surface area contributed by atoms with E-state index in [0.29, 0.717) is 19.1 Å². The Morgan fingerprint density at radius 3 is 2.67 bits per heavy atom. The molecule has 2 N–H and O–H groups in total. The molecule has 0 aromatic heterocycles. The first-order valence-corrected chi connectivity index (χ1v) is 5.23. The Morgan fingerprint density at radius 2 is 2.17 bits per heavy atom. The first-order chi connectivity index (χ1) is 5.70. The second-order valence-corrected chi connectivity index (χ2v) is 3.62. The van der Waals surface area contributed by atoms with Gasteiger partial charge in [0.25, 0.3) is 0 Å². The van der Waals surface area contributed by atoms with Crippen molar-refractivity contribution in [3.8, 4) is 0 Å². The second-order valence-electron chi connectivity index (χ2n) is 2.65. The maximum absolute atomic E-state index is 10.9. The monoisotopic (exact) mass is 194 g/mol. The van der Waals surface area contributed by atoms with Crippen LogP contribution in [0.5, 0.6) is 0 Å². The Hall–Kier alpha value is 0.270. The lowest BCUT2D eigenvalue weighted by atomic mass is 10.1. The molecule has 0 aromatic rings. The topological polar surface area (TPSA) is 67.5 Å². The average Bonchev–Trinajstić information content (AvgIpc) is 2.10. The van der Waals surface area contributed by atoms with Gasteiger partial charge in [-0.3, -0.25) is 0 Å². The zero-order chi connectivity index (χ0) is 9.40. The molecule has 0 fully saturated rings. The highest BCUT2D eigenvalue weighted by Crippen LogP contribution is 2.28. The molecular weight excluding hydrogens is 177 g/mol. The molecule has 5 heteroatoms. The summed E-state index contributed by atoms with van der Waals surface area (Å²) < 4.78 is 9.68. The van der Waals surface area contributed by atoms with Gasteiger partial charge in [-0.25, -0.2) is 0 Å². The van der Waals surface area contributed by atoms with Gasteiger partial charge >= 0.3 is 0 Å². The minimum Gasteiger partial charge on any atom is -0.786 e. The smallest absolute Gasteiger partial charge is 0.0829 e. The maximum Gasteiger partial charge on any atom is 0.0829 e. The molecule has 0 rings (SSSR count). The summed E-state index contributed by atoms with van der Waals surface area (Å²) in [5, 5.41) is 0. The summed E-state index contributed by atoms with van der Waals surface area (Å²) in [5.74, 6) is 0.422. The number of nitrogens with two attached hydrogens (primary N) is 1. The first-order valence-electron chi connectivity index (χ1n) is 4.13. The highest BCUT2D eigenvalue weighted by molar-refractivity contribution is 7.39. The van der Waals surface area contributed by atoms with Crippen LogP contribution in [0.2, 0.25) is 0 Å². The van der Waals surface area contributed by atoms with Crippen molar-refractivity contribution in [1.82, 2.24) is 0 Å². The Bertz CT molecular complexity index is 105. The zero-order valence-electron chi connectivity index (χ0n) is 7.66. The molecule has 0 amide bonds. The van der Waals surface area contributed by atoms with Crippen LogP contribution in [0.1, 0.15) is 20.3 Å². The van der Waals surface area contributed by atoms with Crippen molar-refractivity contribution >= 4 is 8.60 Å². The fourth-order valence-electron chi connectivity index (χ4n) is 0.470. The SMILES string of the molecule is CCC(C)COP([O-])OCCN. The highest BCUT2D eigenvalue weighted by Gasteiger charge is 2.00. The summed E-state index contributed by atoms with van der Waals surface area (Å²) in [4.78, 5) is 10.9. The molecule has 0 spiro atoms. The molecule has 0 aliphatic rings. The minimum absolute atomic E-state index is 0.287. The van der Waals surface area contributed by atoms with Crippen LogP contribution in [-0.2, 0) is 9.05 Å². The number of hydrogen-bond donors (Lipinski definition) is 1. The summed E-state index contributed by atoms with van der Waals surface area (Å²) in [5.41, 5.74) is 5.15. The lowest BCUT2D eigenvalue weighted by Gasteiger charge is -2.23. The Balaban J connectivity index is 3.24. The molecule has 2 unspecified atom stereocenters. The van der Waals surface area contributed by atoms with Crippen LogP contribution in [0, 0.1) is 5.92 Å². The fraction of sp³-hybridized carbons (Fsp3) is 1.00. The van der Waals surface area contributed by atoms with Crippen molar-refractivity contribution in [3.63, 3.8) is 0 Å². The standard InChI is InChI=1S/C7H17NO3P/c1-3-7(2)6-11-12(9)10-5-4-8/h7H,3-6,8H2,1-2H3/q-1. The fourth-order valence-corrected chi connectivity index (χ4v) is 1.18. The van der Waals surface area contributed by atoms with Gasteiger partial charge < -0.3 is 19.7 Å². The predicted molar refractivity (Wildman–Crippen MR) is 47.3 cm³/mol. The molecule has 2 atom stereocenters. The van der Waals surface area contributed by atoms with E-state index in [1.165, 1.54) is 0 Å². The van der Waals surface area contributed by atoms with E-state index >= 15 is 0 Å². The molecule has 0 radical (unpaired) electrons. The Morgan fingerprint density at radius 1 is 1.50 bits per heavy atom. The highest BCUT2D eigenvalue weighted by atomic mass is 31.2. The molecule has 0 bridgehead atoms. The quantitative estimate of drug-likeness (QED) is 0.603. The lowest BCUT2D eigenvalue weighted by molar-refractivity contribution is -0.205. The molecule has 74 valence electrons. The molecule has 0 saturated heterocycles. The Labute approximate surface area is 75.0 Å². The summed E-state index contributed by atoms with van der Waals surface area (Å²) in [6.07, 6.45) is 1.01. The summed E-state index contributed by atoms with van der Waals surface area (Å²) in [6.45, 7) is 5.23. The van der Waals surface area contributed by atoms with Crippen LogP contribution in [0.25, 0.3) is 0 Å². The van der Waals surface area contributed by atoms with Crippen molar-refractivity contribution in [2.24, 2.45) is 11.7 Å². The van der Waals surface area contributed by atoms with E-state index in [-0.39, 0.29) is 6.61 Å². The van der Waals surface area contributed by atoms with Gasteiger partial charge in [0.05, 0.1) is 21.8 Å². The van der Waals surface area contributed by atoms with Crippen molar-refractivity contribution in [2.45, 2.75) is 20.3 Å². The molecule has 4 nitrogen and oxygen atoms in total. The van der Waals surface area contributed by atoms with Crippen LogP contribution in [0.3, 0.4) is 0 Å². The van der Waals surface area contributed by atoms with E-state index in [1.807, 2.05) is 6.92 Å². The van der Waals surface area contributed by atoms with E-state index in [9.17, 15) is 4.89 Å². The van der Waals surface area contributed by atoms with Crippen LogP contribution >= 0.6 is 8.60 Å². The summed E-state index contributed by atoms with van der Waals surface area (Å²) in [6, 6.07) is 0. The zero-order valence-corrected chi connectivity index (χ0v) is 8.55. The van der Waals surface area contributed by atoms with E-state index in [0.717, 1.165) is 6.42 Å². The minimum atomic E-state index is -1.95. The normalized spacial score (nSPS) is 16.0. The van der Waals surface area contributed by atoms with E-state index in [4.69, 9.17) is 14.8 Å². The average molecular weight is 194 g/mol. The first kappa shape index (κ1) is 12.3. The second kappa shape index (κ2) is 7.90. The van der Waals surface area contributed by atoms with E-state index in [1.54, 1.807) is 0 Å². The van der Waals surface area contributed by atoms with Crippen molar-refractivity contribution < 1.29 is 13.9 Å². The van der Waals surface area contributed by atoms with E-state index < -0.39 is 8.60 Å². The maximum atomic E-state index is 10.9. The molecular formula is C7H17NO3P-. The Kier molecular flexibility index (Phi) is 8.07. The lowest BCUT2D eigenvalue weighted by Crippen LogP contribution is -2.12. The molecule has 0 saturated carbocycles. The van der Waals surface area contributed by atoms with Crippen LogP contribution in [0.4, 0.5) is 0 Å². The third-order valence-electron chi connectivity index (χ3n) is 1.48. The number of hydrogen-bond acceptors (Lipinski definition) is 4. The van der Waals surface area contributed by atoms with Gasteiger partial charge in [-0.05, 0) is 5.92 Å². The van der Waals surface area contributed by atoms with Gasteiger partial charge in [0, 0.05) is 6.54 Å². The molecule has 0 heterocycles. The van der Waals surface area contributed by atoms with Gasteiger partial charge in [0.1, 0.15) is 0 Å². The molecule has 12 heavy (non-hydrogen) atoms. The summed E-state index contributed by atoms with van der Waals surface area (Å²) >= 11 is 0. The molecule has 0 aromatic carbocycles. The molecule has 0 aliphatic carbocycles. The number of rotatable bonds is 7. The van der Waals surface area contributed by atoms with Gasteiger partial charge in [-0.2, -0.15) is 0 Å². The van der Waals surface area contributed by atoms with Gasteiger partial charge in [-0.15, -0.1) is 0 Å².